The highest BCUT2D eigenvalue weighted by Crippen LogP contribution is 2.47. The van der Waals surface area contributed by atoms with Crippen LogP contribution in [0, 0.1) is 0 Å². The van der Waals surface area contributed by atoms with Crippen molar-refractivity contribution < 1.29 is 44.9 Å². The first kappa shape index (κ1) is 29.5. The van der Waals surface area contributed by atoms with Crippen LogP contribution in [0.5, 0.6) is 11.5 Å². The van der Waals surface area contributed by atoms with Gasteiger partial charge in [-0.25, -0.2) is 0 Å². The number of carbonyl (C=O) groups is 1. The summed E-state index contributed by atoms with van der Waals surface area (Å²) in [5.74, 6) is -0.445. The van der Waals surface area contributed by atoms with Gasteiger partial charge < -0.3 is 45.0 Å². The third-order valence-electron chi connectivity index (χ3n) is 8.17. The number of carbonyl (C=O) groups excluding carboxylic acids is 1. The van der Waals surface area contributed by atoms with Gasteiger partial charge in [-0.3, -0.25) is 4.79 Å². The Balaban J connectivity index is 1.55. The largest absolute Gasteiger partial charge is 0.508 e. The highest BCUT2D eigenvalue weighted by Gasteiger charge is 2.51. The van der Waals surface area contributed by atoms with Crippen LogP contribution in [0.25, 0.3) is 0 Å². The van der Waals surface area contributed by atoms with Gasteiger partial charge in [0.25, 0.3) is 5.91 Å². The van der Waals surface area contributed by atoms with E-state index in [4.69, 9.17) is 9.47 Å². The van der Waals surface area contributed by atoms with E-state index < -0.39 is 54.9 Å². The van der Waals surface area contributed by atoms with Crippen LogP contribution in [-0.2, 0) is 17.7 Å². The van der Waals surface area contributed by atoms with Crippen molar-refractivity contribution in [3.8, 4) is 11.5 Å². The number of fused-ring (bicyclic) bond motifs is 3. The van der Waals surface area contributed by atoms with E-state index >= 15 is 0 Å². The Morgan fingerprint density at radius 3 is 2.49 bits per heavy atom. The Labute approximate surface area is 228 Å². The highest BCUT2D eigenvalue weighted by atomic mass is 16.6. The van der Waals surface area contributed by atoms with Gasteiger partial charge in [-0.1, -0.05) is 23.3 Å². The lowest BCUT2D eigenvalue weighted by atomic mass is 9.84. The van der Waals surface area contributed by atoms with Gasteiger partial charge in [0.1, 0.15) is 41.5 Å². The van der Waals surface area contributed by atoms with E-state index in [-0.39, 0.29) is 24.3 Å². The molecule has 0 radical (unpaired) electrons. The van der Waals surface area contributed by atoms with Crippen LogP contribution < -0.4 is 4.74 Å². The summed E-state index contributed by atoms with van der Waals surface area (Å²) in [7, 11) is 0. The first-order valence-electron chi connectivity index (χ1n) is 13.5. The van der Waals surface area contributed by atoms with E-state index in [1.165, 1.54) is 22.1 Å². The van der Waals surface area contributed by atoms with Crippen molar-refractivity contribution in [2.75, 3.05) is 6.61 Å². The van der Waals surface area contributed by atoms with E-state index in [1.807, 2.05) is 6.92 Å². The van der Waals surface area contributed by atoms with Gasteiger partial charge in [-0.15, -0.1) is 0 Å². The second-order valence-electron chi connectivity index (χ2n) is 11.4. The molecule has 10 nitrogen and oxygen atoms in total. The van der Waals surface area contributed by atoms with E-state index in [0.29, 0.717) is 29.7 Å². The normalized spacial score (nSPS) is 32.5. The lowest BCUT2D eigenvalue weighted by Gasteiger charge is -2.44. The second kappa shape index (κ2) is 11.6. The van der Waals surface area contributed by atoms with Crippen molar-refractivity contribution in [3.05, 3.63) is 46.1 Å². The number of hydrogen-bond acceptors (Lipinski definition) is 9. The molecule has 0 spiro atoms. The molecule has 0 bridgehead atoms. The molecule has 7 atom stereocenters. The van der Waals surface area contributed by atoms with Crippen molar-refractivity contribution in [2.24, 2.45) is 0 Å². The van der Waals surface area contributed by atoms with Gasteiger partial charge in [0.2, 0.25) is 0 Å². The maximum Gasteiger partial charge on any atom is 0.255 e. The molecule has 3 aliphatic rings. The number of amides is 1. The number of aromatic hydroxyl groups is 1. The topological polar surface area (TPSA) is 160 Å². The minimum Gasteiger partial charge on any atom is -0.508 e. The van der Waals surface area contributed by atoms with Crippen LogP contribution in [0.2, 0.25) is 0 Å². The minimum absolute atomic E-state index is 0.0645. The number of allylic oxidation sites excluding steroid dienone is 4. The fourth-order valence-corrected chi connectivity index (χ4v) is 5.68. The van der Waals surface area contributed by atoms with Crippen LogP contribution >= 0.6 is 0 Å². The first-order valence-corrected chi connectivity index (χ1v) is 13.5. The third-order valence-corrected chi connectivity index (χ3v) is 8.17. The summed E-state index contributed by atoms with van der Waals surface area (Å²) in [6.45, 7) is 7.36. The van der Waals surface area contributed by atoms with Crippen LogP contribution in [0.1, 0.15) is 74.9 Å². The number of ether oxygens (including phenoxy) is 2. The van der Waals surface area contributed by atoms with Crippen LogP contribution in [0.15, 0.2) is 29.4 Å². The molecular weight excluding hydrogens is 506 g/mol. The van der Waals surface area contributed by atoms with Gasteiger partial charge in [0, 0.05) is 17.5 Å². The molecule has 2 unspecified atom stereocenters. The Morgan fingerprint density at radius 2 is 1.82 bits per heavy atom. The average Bonchev–Trinajstić information content (AvgIpc) is 3.18. The predicted octanol–water partition coefficient (Wildman–Crippen LogP) is 1.68. The van der Waals surface area contributed by atoms with Crippen molar-refractivity contribution in [2.45, 2.75) is 109 Å². The van der Waals surface area contributed by atoms with Crippen molar-refractivity contribution in [1.82, 2.24) is 4.90 Å². The summed E-state index contributed by atoms with van der Waals surface area (Å²) in [5, 5.41) is 62.6. The Morgan fingerprint density at radius 1 is 1.10 bits per heavy atom. The zero-order valence-corrected chi connectivity index (χ0v) is 23.0. The Bertz CT molecular complexity index is 1140. The molecule has 39 heavy (non-hydrogen) atoms. The van der Waals surface area contributed by atoms with E-state index in [9.17, 15) is 35.4 Å². The lowest BCUT2D eigenvalue weighted by molar-refractivity contribution is -0.268. The Hall–Kier alpha value is -2.47. The van der Waals surface area contributed by atoms with Gasteiger partial charge >= 0.3 is 0 Å². The van der Waals surface area contributed by atoms with Gasteiger partial charge in [0.15, 0.2) is 6.29 Å². The number of nitrogens with zero attached hydrogens (tertiary/aromatic N) is 1. The quantitative estimate of drug-likeness (QED) is 0.266. The molecule has 216 valence electrons. The zero-order valence-electron chi connectivity index (χ0n) is 23.0. The maximum atomic E-state index is 13.4. The number of benzene rings is 1. The maximum absolute atomic E-state index is 13.4. The fraction of sp³-hybridized carbons (Fsp3) is 0.621. The number of rotatable bonds is 8. The summed E-state index contributed by atoms with van der Waals surface area (Å²) in [5.41, 5.74) is 2.57. The number of aliphatic hydroxyl groups is 5. The number of phenolic OH excluding ortho intramolecular Hbond substituents is 1. The molecule has 3 heterocycles. The van der Waals surface area contributed by atoms with Gasteiger partial charge in [-0.05, 0) is 59.4 Å². The van der Waals surface area contributed by atoms with E-state index in [0.717, 1.165) is 12.8 Å². The molecule has 1 saturated heterocycles. The van der Waals surface area contributed by atoms with Crippen LogP contribution in [0.3, 0.4) is 0 Å². The Kier molecular flexibility index (Phi) is 8.75. The summed E-state index contributed by atoms with van der Waals surface area (Å²) >= 11 is 0. The SMILES string of the molecule is CC(C)=CCC/C(C)=C/CC[C@]1(C)Oc2c(c(O)cc3c2CN(C2C(O)O[C@H](CO)[C@H](O)[C@@H]2O)C3=O)C[C@H]1O. The molecular formula is C29H41NO9. The molecule has 10 heteroatoms. The molecule has 1 amide bonds. The second-order valence-corrected chi connectivity index (χ2v) is 11.4. The van der Waals surface area contributed by atoms with Crippen molar-refractivity contribution in [1.29, 1.82) is 0 Å². The molecule has 0 aliphatic carbocycles. The van der Waals surface area contributed by atoms with Crippen molar-refractivity contribution >= 4 is 5.91 Å². The summed E-state index contributed by atoms with van der Waals surface area (Å²) in [6, 6.07) is 0.00365. The van der Waals surface area contributed by atoms with Crippen LogP contribution in [0.4, 0.5) is 0 Å². The van der Waals surface area contributed by atoms with Crippen molar-refractivity contribution in [3.63, 3.8) is 0 Å². The molecule has 6 N–H and O–H groups in total. The zero-order chi connectivity index (χ0) is 28.6. The van der Waals surface area contributed by atoms with Gasteiger partial charge in [0.05, 0.1) is 24.8 Å². The molecule has 1 aromatic carbocycles. The predicted molar refractivity (Wildman–Crippen MR) is 142 cm³/mol. The molecule has 1 fully saturated rings. The molecule has 3 aliphatic heterocycles. The highest BCUT2D eigenvalue weighted by molar-refractivity contribution is 6.00. The number of hydrogen-bond donors (Lipinski definition) is 6. The lowest BCUT2D eigenvalue weighted by Crippen LogP contribution is -2.64. The molecule has 0 aromatic heterocycles. The smallest absolute Gasteiger partial charge is 0.255 e. The third kappa shape index (κ3) is 5.73. The summed E-state index contributed by atoms with van der Waals surface area (Å²) < 4.78 is 11.6. The average molecular weight is 548 g/mol. The first-order chi connectivity index (χ1) is 18.4. The molecule has 1 aromatic rings. The summed E-state index contributed by atoms with van der Waals surface area (Å²) in [4.78, 5) is 14.6. The van der Waals surface area contributed by atoms with Gasteiger partial charge in [-0.2, -0.15) is 0 Å². The molecule has 0 saturated carbocycles. The molecule has 4 rings (SSSR count). The number of phenols is 1. The number of aliphatic hydroxyl groups excluding tert-OH is 5. The summed E-state index contributed by atoms with van der Waals surface area (Å²) in [6.07, 6.45) is 0.760. The van der Waals surface area contributed by atoms with E-state index in [2.05, 4.69) is 32.9 Å². The van der Waals surface area contributed by atoms with E-state index in [1.54, 1.807) is 0 Å². The monoisotopic (exact) mass is 547 g/mol. The standard InChI is InChI=1S/C29H41NO9/c1-15(2)7-5-8-16(3)9-6-10-29(4)22(33)12-18-20(32)11-17-19(26(18)39-29)13-30(27(17)36)23-25(35)24(34)21(14-31)38-28(23)37/h7,9,11,21-25,28,31-35,37H,5-6,8,10,12-14H2,1-4H3/b16-9+/t21-,22-,23?,24+,25-,28?,29+/m1/s1. The van der Waals surface area contributed by atoms with Crippen LogP contribution in [-0.4, -0.2) is 90.4 Å². The fourth-order valence-electron chi connectivity index (χ4n) is 5.68. The minimum atomic E-state index is -1.65.